The number of nitrogens with zero attached hydrogens (tertiary/aromatic N) is 1. The van der Waals surface area contributed by atoms with Gasteiger partial charge in [0.15, 0.2) is 0 Å². The van der Waals surface area contributed by atoms with Crippen molar-refractivity contribution in [2.75, 3.05) is 20.2 Å². The second-order valence-corrected chi connectivity index (χ2v) is 4.25. The van der Waals surface area contributed by atoms with E-state index < -0.39 is 0 Å². The Balaban J connectivity index is 2.31. The van der Waals surface area contributed by atoms with E-state index in [1.807, 2.05) is 11.8 Å². The van der Waals surface area contributed by atoms with Crippen LogP contribution in [0, 0.1) is 5.92 Å². The van der Waals surface area contributed by atoms with Gasteiger partial charge in [-0.3, -0.25) is 9.59 Å². The SMILES string of the molecule is CCC(CCC(=O)N1CCCC1)C(=O)OC. The average Bonchev–Trinajstić information content (AvgIpc) is 2.82. The molecule has 0 radical (unpaired) electrons. The molecule has 4 heteroatoms. The van der Waals surface area contributed by atoms with Crippen LogP contribution in [0.2, 0.25) is 0 Å². The Bertz CT molecular complexity index is 247. The monoisotopic (exact) mass is 227 g/mol. The van der Waals surface area contributed by atoms with Gasteiger partial charge in [-0.05, 0) is 25.7 Å². The molecule has 0 aromatic heterocycles. The van der Waals surface area contributed by atoms with Gasteiger partial charge in [0.1, 0.15) is 0 Å². The molecule has 0 aromatic rings. The van der Waals surface area contributed by atoms with Crippen LogP contribution in [-0.2, 0) is 14.3 Å². The van der Waals surface area contributed by atoms with Crippen molar-refractivity contribution in [3.05, 3.63) is 0 Å². The lowest BCUT2D eigenvalue weighted by Crippen LogP contribution is -2.28. The highest BCUT2D eigenvalue weighted by atomic mass is 16.5. The fourth-order valence-electron chi connectivity index (χ4n) is 2.08. The molecule has 1 amide bonds. The number of esters is 1. The highest BCUT2D eigenvalue weighted by Gasteiger charge is 2.22. The van der Waals surface area contributed by atoms with Gasteiger partial charge < -0.3 is 9.64 Å². The van der Waals surface area contributed by atoms with Crippen molar-refractivity contribution in [2.45, 2.75) is 39.0 Å². The minimum atomic E-state index is -0.197. The molecule has 0 saturated carbocycles. The van der Waals surface area contributed by atoms with Gasteiger partial charge in [-0.25, -0.2) is 0 Å². The maximum absolute atomic E-state index is 11.8. The molecule has 16 heavy (non-hydrogen) atoms. The van der Waals surface area contributed by atoms with Crippen molar-refractivity contribution in [3.63, 3.8) is 0 Å². The summed E-state index contributed by atoms with van der Waals surface area (Å²) in [6.45, 7) is 3.71. The Labute approximate surface area is 96.9 Å². The molecule has 1 saturated heterocycles. The van der Waals surface area contributed by atoms with Crippen molar-refractivity contribution in [2.24, 2.45) is 5.92 Å². The number of rotatable bonds is 5. The van der Waals surface area contributed by atoms with Crippen LogP contribution in [0.3, 0.4) is 0 Å². The number of carbonyl (C=O) groups excluding carboxylic acids is 2. The van der Waals surface area contributed by atoms with Crippen molar-refractivity contribution in [1.82, 2.24) is 4.90 Å². The number of likely N-dealkylation sites (tertiary alicyclic amines) is 1. The third-order valence-corrected chi connectivity index (χ3v) is 3.19. The first kappa shape index (κ1) is 13.0. The van der Waals surface area contributed by atoms with Gasteiger partial charge in [0.2, 0.25) is 5.91 Å². The fraction of sp³-hybridized carbons (Fsp3) is 0.833. The van der Waals surface area contributed by atoms with Crippen molar-refractivity contribution in [1.29, 1.82) is 0 Å². The number of methoxy groups -OCH3 is 1. The predicted molar refractivity (Wildman–Crippen MR) is 60.8 cm³/mol. The van der Waals surface area contributed by atoms with Gasteiger partial charge in [0.25, 0.3) is 0 Å². The zero-order valence-electron chi connectivity index (χ0n) is 10.2. The van der Waals surface area contributed by atoms with Crippen LogP contribution in [0.25, 0.3) is 0 Å². The Kier molecular flexibility index (Phi) is 5.29. The Morgan fingerprint density at radius 1 is 1.31 bits per heavy atom. The first-order valence-electron chi connectivity index (χ1n) is 6.04. The molecule has 92 valence electrons. The van der Waals surface area contributed by atoms with Gasteiger partial charge in [-0.15, -0.1) is 0 Å². The zero-order valence-corrected chi connectivity index (χ0v) is 10.2. The number of amides is 1. The first-order chi connectivity index (χ1) is 7.69. The standard InChI is InChI=1S/C12H21NO3/c1-3-10(12(15)16-2)6-7-11(14)13-8-4-5-9-13/h10H,3-9H2,1-2H3. The topological polar surface area (TPSA) is 46.6 Å². The molecule has 1 aliphatic heterocycles. The highest BCUT2D eigenvalue weighted by Crippen LogP contribution is 2.16. The van der Waals surface area contributed by atoms with Crippen LogP contribution >= 0.6 is 0 Å². The number of hydrogen-bond acceptors (Lipinski definition) is 3. The summed E-state index contributed by atoms with van der Waals surface area (Å²) in [5.74, 6) is -0.145. The molecule has 1 aliphatic rings. The molecular formula is C12H21NO3. The fourth-order valence-corrected chi connectivity index (χ4v) is 2.08. The lowest BCUT2D eigenvalue weighted by Gasteiger charge is -2.17. The van der Waals surface area contributed by atoms with E-state index in [1.54, 1.807) is 0 Å². The van der Waals surface area contributed by atoms with Crippen LogP contribution in [0.1, 0.15) is 39.0 Å². The molecule has 1 atom stereocenters. The second kappa shape index (κ2) is 6.51. The summed E-state index contributed by atoms with van der Waals surface area (Å²) in [5, 5.41) is 0. The van der Waals surface area contributed by atoms with E-state index in [9.17, 15) is 9.59 Å². The summed E-state index contributed by atoms with van der Waals surface area (Å²) in [6, 6.07) is 0. The van der Waals surface area contributed by atoms with Crippen molar-refractivity contribution >= 4 is 11.9 Å². The molecule has 0 bridgehead atoms. The van der Waals surface area contributed by atoms with E-state index in [4.69, 9.17) is 4.74 Å². The molecule has 0 aliphatic carbocycles. The quantitative estimate of drug-likeness (QED) is 0.670. The Morgan fingerprint density at radius 3 is 2.44 bits per heavy atom. The molecule has 1 fully saturated rings. The third-order valence-electron chi connectivity index (χ3n) is 3.19. The smallest absolute Gasteiger partial charge is 0.308 e. The van der Waals surface area contributed by atoms with Gasteiger partial charge in [0.05, 0.1) is 13.0 Å². The molecule has 4 nitrogen and oxygen atoms in total. The summed E-state index contributed by atoms with van der Waals surface area (Å²) in [5.41, 5.74) is 0. The molecule has 1 heterocycles. The van der Waals surface area contributed by atoms with Crippen LogP contribution in [0.5, 0.6) is 0 Å². The third kappa shape index (κ3) is 3.51. The van der Waals surface area contributed by atoms with Crippen LogP contribution in [-0.4, -0.2) is 37.0 Å². The molecule has 0 spiro atoms. The lowest BCUT2D eigenvalue weighted by molar-refractivity contribution is -0.146. The minimum Gasteiger partial charge on any atom is -0.469 e. The summed E-state index contributed by atoms with van der Waals surface area (Å²) in [7, 11) is 1.40. The summed E-state index contributed by atoms with van der Waals surface area (Å²) < 4.78 is 4.70. The minimum absolute atomic E-state index is 0.128. The maximum Gasteiger partial charge on any atom is 0.308 e. The number of ether oxygens (including phenoxy) is 1. The normalized spacial score (nSPS) is 17.2. The first-order valence-corrected chi connectivity index (χ1v) is 6.04. The Morgan fingerprint density at radius 2 is 1.94 bits per heavy atom. The van der Waals surface area contributed by atoms with Gasteiger partial charge in [-0.1, -0.05) is 6.92 Å². The Hall–Kier alpha value is -1.06. The van der Waals surface area contributed by atoms with Crippen LogP contribution < -0.4 is 0 Å². The largest absolute Gasteiger partial charge is 0.469 e. The summed E-state index contributed by atoms with van der Waals surface area (Å²) in [4.78, 5) is 25.0. The van der Waals surface area contributed by atoms with Crippen LogP contribution in [0.15, 0.2) is 0 Å². The van der Waals surface area contributed by atoms with E-state index in [1.165, 1.54) is 7.11 Å². The number of hydrogen-bond donors (Lipinski definition) is 0. The maximum atomic E-state index is 11.8. The van der Waals surface area contributed by atoms with Crippen molar-refractivity contribution in [3.8, 4) is 0 Å². The van der Waals surface area contributed by atoms with E-state index in [0.717, 1.165) is 32.4 Å². The van der Waals surface area contributed by atoms with Crippen molar-refractivity contribution < 1.29 is 14.3 Å². The summed E-state index contributed by atoms with van der Waals surface area (Å²) >= 11 is 0. The average molecular weight is 227 g/mol. The molecule has 0 aromatic carbocycles. The molecule has 1 rings (SSSR count). The highest BCUT2D eigenvalue weighted by molar-refractivity contribution is 5.78. The van der Waals surface area contributed by atoms with Crippen LogP contribution in [0.4, 0.5) is 0 Å². The molecule has 1 unspecified atom stereocenters. The van der Waals surface area contributed by atoms with Gasteiger partial charge in [0, 0.05) is 19.5 Å². The summed E-state index contributed by atoms with van der Waals surface area (Å²) in [6.07, 6.45) is 4.03. The zero-order chi connectivity index (χ0) is 12.0. The second-order valence-electron chi connectivity index (χ2n) is 4.25. The van der Waals surface area contributed by atoms with E-state index in [2.05, 4.69) is 0 Å². The molecular weight excluding hydrogens is 206 g/mol. The molecule has 0 N–H and O–H groups in total. The van der Waals surface area contributed by atoms with E-state index >= 15 is 0 Å². The van der Waals surface area contributed by atoms with E-state index in [-0.39, 0.29) is 17.8 Å². The van der Waals surface area contributed by atoms with Gasteiger partial charge >= 0.3 is 5.97 Å². The van der Waals surface area contributed by atoms with Gasteiger partial charge in [-0.2, -0.15) is 0 Å². The van der Waals surface area contributed by atoms with E-state index in [0.29, 0.717) is 12.8 Å². The number of carbonyl (C=O) groups is 2. The lowest BCUT2D eigenvalue weighted by atomic mass is 10.0. The predicted octanol–water partition coefficient (Wildman–Crippen LogP) is 1.59.